The van der Waals surface area contributed by atoms with Crippen LogP contribution in [0.5, 0.6) is 0 Å². The molecular weight excluding hydrogens is 252 g/mol. The van der Waals surface area contributed by atoms with E-state index in [9.17, 15) is 4.79 Å². The Morgan fingerprint density at radius 3 is 3.00 bits per heavy atom. The number of nitrogens with one attached hydrogen (secondary N) is 1. The summed E-state index contributed by atoms with van der Waals surface area (Å²) in [5, 5.41) is 2.97. The number of methoxy groups -OCH3 is 1. The van der Waals surface area contributed by atoms with E-state index < -0.39 is 0 Å². The molecule has 0 aliphatic rings. The molecule has 108 valence electrons. The first-order chi connectivity index (χ1) is 9.67. The Labute approximate surface area is 120 Å². The van der Waals surface area contributed by atoms with Crippen LogP contribution in [0, 0.1) is 11.8 Å². The number of nitrogens with two attached hydrogens (primary N) is 1. The normalized spacial score (nSPS) is 11.3. The van der Waals surface area contributed by atoms with E-state index in [1.807, 2.05) is 31.2 Å². The van der Waals surface area contributed by atoms with Gasteiger partial charge in [0.25, 0.3) is 0 Å². The van der Waals surface area contributed by atoms with Gasteiger partial charge in [-0.3, -0.25) is 4.79 Å². The molecule has 1 atom stereocenters. The molecule has 20 heavy (non-hydrogen) atoms. The monoisotopic (exact) mass is 274 g/mol. The molecule has 0 spiro atoms. The van der Waals surface area contributed by atoms with Crippen LogP contribution in [0.1, 0.15) is 36.9 Å². The second kappa shape index (κ2) is 9.13. The Hall–Kier alpha value is -1.83. The second-order valence-electron chi connectivity index (χ2n) is 4.52. The summed E-state index contributed by atoms with van der Waals surface area (Å²) >= 11 is 0. The lowest BCUT2D eigenvalue weighted by Crippen LogP contribution is -2.26. The molecule has 1 aromatic rings. The molecule has 0 heterocycles. The van der Waals surface area contributed by atoms with Crippen LogP contribution in [0.2, 0.25) is 0 Å². The van der Waals surface area contributed by atoms with E-state index in [1.54, 1.807) is 7.11 Å². The van der Waals surface area contributed by atoms with Crippen LogP contribution in [0.4, 0.5) is 0 Å². The van der Waals surface area contributed by atoms with Gasteiger partial charge < -0.3 is 15.8 Å². The summed E-state index contributed by atoms with van der Waals surface area (Å²) in [4.78, 5) is 11.7. The zero-order valence-corrected chi connectivity index (χ0v) is 12.1. The predicted octanol–water partition coefficient (Wildman–Crippen LogP) is 1.60. The third-order valence-corrected chi connectivity index (χ3v) is 2.85. The summed E-state index contributed by atoms with van der Waals surface area (Å²) in [5.41, 5.74) is 7.30. The second-order valence-corrected chi connectivity index (χ2v) is 4.52. The fraction of sp³-hybridized carbons (Fsp3) is 0.438. The number of carbonyl (C=O) groups is 1. The van der Waals surface area contributed by atoms with Crippen molar-refractivity contribution < 1.29 is 9.53 Å². The molecule has 4 heteroatoms. The Morgan fingerprint density at radius 2 is 2.30 bits per heavy atom. The van der Waals surface area contributed by atoms with Crippen LogP contribution in [-0.4, -0.2) is 26.2 Å². The highest BCUT2D eigenvalue weighted by atomic mass is 16.5. The first-order valence-electron chi connectivity index (χ1n) is 6.74. The number of ether oxygens (including phenoxy) is 1. The van der Waals surface area contributed by atoms with Gasteiger partial charge in [-0.25, -0.2) is 0 Å². The molecule has 1 amide bonds. The summed E-state index contributed by atoms with van der Waals surface area (Å²) in [6.45, 7) is 2.91. The molecule has 0 aliphatic heterocycles. The molecule has 1 aromatic carbocycles. The fourth-order valence-electron chi connectivity index (χ4n) is 1.81. The van der Waals surface area contributed by atoms with Crippen LogP contribution in [0.25, 0.3) is 0 Å². The van der Waals surface area contributed by atoms with Crippen LogP contribution in [0.15, 0.2) is 24.3 Å². The Bertz CT molecular complexity index is 489. The van der Waals surface area contributed by atoms with Crippen molar-refractivity contribution in [3.63, 3.8) is 0 Å². The maximum Gasteiger partial charge on any atom is 0.220 e. The minimum atomic E-state index is -0.0373. The summed E-state index contributed by atoms with van der Waals surface area (Å²) in [6.07, 6.45) is 1.21. The van der Waals surface area contributed by atoms with Gasteiger partial charge in [-0.05, 0) is 31.0 Å². The first-order valence-corrected chi connectivity index (χ1v) is 6.74. The van der Waals surface area contributed by atoms with Crippen molar-refractivity contribution in [2.24, 2.45) is 5.73 Å². The smallest absolute Gasteiger partial charge is 0.220 e. The van der Waals surface area contributed by atoms with Gasteiger partial charge in [-0.15, -0.1) is 0 Å². The topological polar surface area (TPSA) is 64.3 Å². The average Bonchev–Trinajstić information content (AvgIpc) is 2.45. The van der Waals surface area contributed by atoms with Gasteiger partial charge in [0.15, 0.2) is 0 Å². The highest BCUT2D eigenvalue weighted by Crippen LogP contribution is 2.14. The van der Waals surface area contributed by atoms with E-state index in [0.717, 1.165) is 17.5 Å². The molecular formula is C16H22N2O2. The van der Waals surface area contributed by atoms with E-state index >= 15 is 0 Å². The maximum atomic E-state index is 11.7. The van der Waals surface area contributed by atoms with Gasteiger partial charge in [0.1, 0.15) is 0 Å². The summed E-state index contributed by atoms with van der Waals surface area (Å²) < 4.78 is 4.93. The summed E-state index contributed by atoms with van der Waals surface area (Å²) in [6, 6.07) is 7.78. The van der Waals surface area contributed by atoms with Crippen molar-refractivity contribution in [1.82, 2.24) is 5.32 Å². The predicted molar refractivity (Wildman–Crippen MR) is 80.0 cm³/mol. The van der Waals surface area contributed by atoms with E-state index in [-0.39, 0.29) is 11.9 Å². The van der Waals surface area contributed by atoms with Crippen molar-refractivity contribution in [2.75, 3.05) is 20.3 Å². The van der Waals surface area contributed by atoms with Crippen LogP contribution in [0.3, 0.4) is 0 Å². The summed E-state index contributed by atoms with van der Waals surface area (Å²) in [7, 11) is 1.63. The molecule has 3 N–H and O–H groups in total. The molecule has 0 aliphatic carbocycles. The van der Waals surface area contributed by atoms with Crippen LogP contribution >= 0.6 is 0 Å². The molecule has 1 rings (SSSR count). The third-order valence-electron chi connectivity index (χ3n) is 2.85. The van der Waals surface area contributed by atoms with Gasteiger partial charge >= 0.3 is 0 Å². The Morgan fingerprint density at radius 1 is 1.50 bits per heavy atom. The van der Waals surface area contributed by atoms with Gasteiger partial charge in [0.05, 0.1) is 12.6 Å². The van der Waals surface area contributed by atoms with E-state index in [4.69, 9.17) is 10.5 Å². The quantitative estimate of drug-likeness (QED) is 0.612. The number of rotatable bonds is 6. The molecule has 0 saturated heterocycles. The molecule has 0 fully saturated rings. The number of hydrogen-bond donors (Lipinski definition) is 2. The zero-order chi connectivity index (χ0) is 14.8. The number of carbonyl (C=O) groups excluding carboxylic acids is 1. The minimum Gasteiger partial charge on any atom is -0.385 e. The molecule has 0 radical (unpaired) electrons. The fourth-order valence-corrected chi connectivity index (χ4v) is 1.81. The largest absolute Gasteiger partial charge is 0.385 e. The third kappa shape index (κ3) is 5.87. The lowest BCUT2D eigenvalue weighted by Gasteiger charge is -2.14. The minimum absolute atomic E-state index is 0.0352. The zero-order valence-electron chi connectivity index (χ0n) is 12.1. The van der Waals surface area contributed by atoms with Crippen molar-refractivity contribution in [1.29, 1.82) is 0 Å². The standard InChI is InChI=1S/C16H22N2O2/c1-13(18-16(19)9-5-11-20-2)15-8-3-6-14(12-15)7-4-10-17/h3,6,8,12-13H,5,9-11,17H2,1-2H3,(H,18,19). The lowest BCUT2D eigenvalue weighted by atomic mass is 10.0. The molecule has 0 bridgehead atoms. The van der Waals surface area contributed by atoms with Crippen molar-refractivity contribution in [3.05, 3.63) is 35.4 Å². The number of benzene rings is 1. The Balaban J connectivity index is 2.58. The van der Waals surface area contributed by atoms with E-state index in [0.29, 0.717) is 19.6 Å². The van der Waals surface area contributed by atoms with Crippen molar-refractivity contribution >= 4 is 5.91 Å². The van der Waals surface area contributed by atoms with Gasteiger partial charge in [-0.1, -0.05) is 24.0 Å². The highest BCUT2D eigenvalue weighted by molar-refractivity contribution is 5.76. The van der Waals surface area contributed by atoms with Gasteiger partial charge in [0.2, 0.25) is 5.91 Å². The highest BCUT2D eigenvalue weighted by Gasteiger charge is 2.09. The van der Waals surface area contributed by atoms with Crippen LogP contribution in [-0.2, 0) is 9.53 Å². The first kappa shape index (κ1) is 16.2. The molecule has 4 nitrogen and oxygen atoms in total. The SMILES string of the molecule is COCCCC(=O)NC(C)c1cccc(C#CCN)c1. The van der Waals surface area contributed by atoms with E-state index in [1.165, 1.54) is 0 Å². The average molecular weight is 274 g/mol. The number of hydrogen-bond acceptors (Lipinski definition) is 3. The molecule has 0 saturated carbocycles. The molecule has 1 unspecified atom stereocenters. The van der Waals surface area contributed by atoms with E-state index in [2.05, 4.69) is 17.2 Å². The number of amides is 1. The molecule has 0 aromatic heterocycles. The van der Waals surface area contributed by atoms with Crippen LogP contribution < -0.4 is 11.1 Å². The van der Waals surface area contributed by atoms with Crippen molar-refractivity contribution in [3.8, 4) is 11.8 Å². The summed E-state index contributed by atoms with van der Waals surface area (Å²) in [5.74, 6) is 5.85. The van der Waals surface area contributed by atoms with Gasteiger partial charge in [-0.2, -0.15) is 0 Å². The van der Waals surface area contributed by atoms with Gasteiger partial charge in [0, 0.05) is 25.7 Å². The maximum absolute atomic E-state index is 11.7. The Kier molecular flexibility index (Phi) is 7.41. The van der Waals surface area contributed by atoms with Crippen molar-refractivity contribution in [2.45, 2.75) is 25.8 Å². The lowest BCUT2D eigenvalue weighted by molar-refractivity contribution is -0.122.